The van der Waals surface area contributed by atoms with Crippen molar-refractivity contribution in [2.24, 2.45) is 0 Å². The second-order valence-electron chi connectivity index (χ2n) is 4.37. The summed E-state index contributed by atoms with van der Waals surface area (Å²) in [6, 6.07) is 9.57. The molecule has 6 heteroatoms. The van der Waals surface area contributed by atoms with E-state index in [-0.39, 0.29) is 5.56 Å². The largest absolute Gasteiger partial charge is 0.478 e. The smallest absolute Gasteiger partial charge is 0.335 e. The van der Waals surface area contributed by atoms with Crippen molar-refractivity contribution in [2.75, 3.05) is 10.6 Å². The molecule has 108 valence electrons. The first-order valence-corrected chi connectivity index (χ1v) is 6.14. The molecule has 0 unspecified atom stereocenters. The summed E-state index contributed by atoms with van der Waals surface area (Å²) in [5.41, 5.74) is 1.28. The van der Waals surface area contributed by atoms with Gasteiger partial charge in [0, 0.05) is 16.9 Å². The number of carboxylic acid groups (broad SMARTS) is 1. The minimum absolute atomic E-state index is 0.127. The number of aromatic carboxylic acids is 1. The number of halogens is 1. The van der Waals surface area contributed by atoms with E-state index in [2.05, 4.69) is 10.6 Å². The number of amides is 2. The number of carboxylic acids is 1. The zero-order chi connectivity index (χ0) is 15.4. The molecule has 2 amide bonds. The lowest BCUT2D eigenvalue weighted by atomic mass is 10.2. The van der Waals surface area contributed by atoms with Crippen molar-refractivity contribution in [3.8, 4) is 0 Å². The Labute approximate surface area is 120 Å². The summed E-state index contributed by atoms with van der Waals surface area (Å²) in [5.74, 6) is -1.44. The third-order valence-electron chi connectivity index (χ3n) is 2.91. The van der Waals surface area contributed by atoms with Gasteiger partial charge in [-0.05, 0) is 43.3 Å². The van der Waals surface area contributed by atoms with Crippen LogP contribution in [0.2, 0.25) is 0 Å². The Morgan fingerprint density at radius 3 is 2.33 bits per heavy atom. The van der Waals surface area contributed by atoms with E-state index in [1.165, 1.54) is 36.4 Å². The lowest BCUT2D eigenvalue weighted by Crippen LogP contribution is -2.20. The average molecular weight is 288 g/mol. The molecule has 0 saturated carbocycles. The van der Waals surface area contributed by atoms with Crippen LogP contribution in [0.3, 0.4) is 0 Å². The number of benzene rings is 2. The second-order valence-corrected chi connectivity index (χ2v) is 4.37. The molecule has 2 aromatic rings. The number of hydrogen-bond donors (Lipinski definition) is 3. The van der Waals surface area contributed by atoms with Crippen molar-refractivity contribution in [2.45, 2.75) is 6.92 Å². The van der Waals surface area contributed by atoms with Gasteiger partial charge in [-0.25, -0.2) is 14.0 Å². The maximum atomic E-state index is 13.3. The number of hydrogen-bond acceptors (Lipinski definition) is 2. The second kappa shape index (κ2) is 6.04. The van der Waals surface area contributed by atoms with E-state index in [4.69, 9.17) is 5.11 Å². The summed E-state index contributed by atoms with van der Waals surface area (Å²) in [6.45, 7) is 1.56. The molecule has 3 N–H and O–H groups in total. The Morgan fingerprint density at radius 1 is 1.05 bits per heavy atom. The van der Waals surface area contributed by atoms with E-state index in [1.54, 1.807) is 13.0 Å². The fourth-order valence-electron chi connectivity index (χ4n) is 1.72. The van der Waals surface area contributed by atoms with E-state index in [1.807, 2.05) is 0 Å². The fraction of sp³-hybridized carbons (Fsp3) is 0.0667. The van der Waals surface area contributed by atoms with E-state index in [9.17, 15) is 14.0 Å². The van der Waals surface area contributed by atoms with Crippen LogP contribution in [0.1, 0.15) is 15.9 Å². The van der Waals surface area contributed by atoms with Crippen LogP contribution < -0.4 is 10.6 Å². The third-order valence-corrected chi connectivity index (χ3v) is 2.91. The van der Waals surface area contributed by atoms with Crippen LogP contribution in [0.25, 0.3) is 0 Å². The zero-order valence-electron chi connectivity index (χ0n) is 11.2. The zero-order valence-corrected chi connectivity index (χ0v) is 11.2. The molecule has 0 aliphatic heterocycles. The number of carbonyl (C=O) groups excluding carboxylic acids is 1. The van der Waals surface area contributed by atoms with Crippen LogP contribution in [0.4, 0.5) is 20.6 Å². The third kappa shape index (κ3) is 3.56. The Balaban J connectivity index is 2.04. The predicted molar refractivity (Wildman–Crippen MR) is 77.2 cm³/mol. The van der Waals surface area contributed by atoms with Gasteiger partial charge in [0.25, 0.3) is 0 Å². The Hall–Kier alpha value is -2.89. The van der Waals surface area contributed by atoms with Crippen molar-refractivity contribution in [1.82, 2.24) is 0 Å². The summed E-state index contributed by atoms with van der Waals surface area (Å²) in [6.07, 6.45) is 0. The van der Waals surface area contributed by atoms with Crippen LogP contribution in [-0.4, -0.2) is 17.1 Å². The molecule has 0 spiro atoms. The van der Waals surface area contributed by atoms with Crippen LogP contribution in [0.5, 0.6) is 0 Å². The number of nitrogens with one attached hydrogen (secondary N) is 2. The minimum Gasteiger partial charge on any atom is -0.478 e. The molecule has 0 heterocycles. The van der Waals surface area contributed by atoms with Crippen molar-refractivity contribution in [3.63, 3.8) is 0 Å². The molecule has 21 heavy (non-hydrogen) atoms. The topological polar surface area (TPSA) is 78.4 Å². The van der Waals surface area contributed by atoms with E-state index >= 15 is 0 Å². The molecule has 0 aliphatic carbocycles. The van der Waals surface area contributed by atoms with Gasteiger partial charge in [0.15, 0.2) is 0 Å². The van der Waals surface area contributed by atoms with Crippen LogP contribution in [0.15, 0.2) is 42.5 Å². The van der Waals surface area contributed by atoms with Crippen molar-refractivity contribution in [1.29, 1.82) is 0 Å². The van der Waals surface area contributed by atoms with Crippen LogP contribution in [-0.2, 0) is 0 Å². The van der Waals surface area contributed by atoms with E-state index in [0.29, 0.717) is 16.9 Å². The molecule has 0 aliphatic rings. The van der Waals surface area contributed by atoms with Gasteiger partial charge in [0.2, 0.25) is 0 Å². The summed E-state index contributed by atoms with van der Waals surface area (Å²) in [4.78, 5) is 22.5. The van der Waals surface area contributed by atoms with Gasteiger partial charge in [-0.1, -0.05) is 6.07 Å². The average Bonchev–Trinajstić information content (AvgIpc) is 2.44. The number of anilines is 2. The summed E-state index contributed by atoms with van der Waals surface area (Å²) in [5, 5.41) is 13.8. The Morgan fingerprint density at radius 2 is 1.71 bits per heavy atom. The predicted octanol–water partition coefficient (Wildman–Crippen LogP) is 3.48. The molecule has 0 radical (unpaired) electrons. The maximum Gasteiger partial charge on any atom is 0.335 e. The molecule has 2 aromatic carbocycles. The van der Waals surface area contributed by atoms with Gasteiger partial charge in [0.05, 0.1) is 5.56 Å². The summed E-state index contributed by atoms with van der Waals surface area (Å²) in [7, 11) is 0. The van der Waals surface area contributed by atoms with E-state index < -0.39 is 17.8 Å². The lowest BCUT2D eigenvalue weighted by Gasteiger charge is -2.10. The number of rotatable bonds is 3. The first-order valence-electron chi connectivity index (χ1n) is 6.14. The fourth-order valence-corrected chi connectivity index (χ4v) is 1.72. The quantitative estimate of drug-likeness (QED) is 0.809. The minimum atomic E-state index is -1.04. The highest BCUT2D eigenvalue weighted by Crippen LogP contribution is 2.18. The first kappa shape index (κ1) is 14.5. The van der Waals surface area contributed by atoms with Gasteiger partial charge in [-0.3, -0.25) is 0 Å². The van der Waals surface area contributed by atoms with Gasteiger partial charge in [-0.2, -0.15) is 0 Å². The SMILES string of the molecule is Cc1c(F)cccc1NC(=O)Nc1ccc(C(=O)O)cc1. The molecule has 0 aromatic heterocycles. The maximum absolute atomic E-state index is 13.3. The molecular formula is C15H13FN2O3. The van der Waals surface area contributed by atoms with Gasteiger partial charge in [0.1, 0.15) is 5.82 Å². The first-order chi connectivity index (χ1) is 9.97. The summed E-state index contributed by atoms with van der Waals surface area (Å²) >= 11 is 0. The number of carbonyl (C=O) groups is 2. The van der Waals surface area contributed by atoms with Gasteiger partial charge < -0.3 is 15.7 Å². The van der Waals surface area contributed by atoms with Crippen LogP contribution in [0, 0.1) is 12.7 Å². The summed E-state index contributed by atoms with van der Waals surface area (Å²) < 4.78 is 13.3. The standard InChI is InChI=1S/C15H13FN2O3/c1-9-12(16)3-2-4-13(9)18-15(21)17-11-7-5-10(6-8-11)14(19)20/h2-8H,1H3,(H,19,20)(H2,17,18,21). The number of urea groups is 1. The molecule has 0 bridgehead atoms. The monoisotopic (exact) mass is 288 g/mol. The van der Waals surface area contributed by atoms with Crippen molar-refractivity contribution in [3.05, 3.63) is 59.4 Å². The lowest BCUT2D eigenvalue weighted by molar-refractivity contribution is 0.0697. The highest BCUT2D eigenvalue weighted by atomic mass is 19.1. The molecule has 0 atom stereocenters. The van der Waals surface area contributed by atoms with Gasteiger partial charge in [-0.15, -0.1) is 0 Å². The molecule has 2 rings (SSSR count). The molecule has 0 fully saturated rings. The van der Waals surface area contributed by atoms with Crippen molar-refractivity contribution >= 4 is 23.4 Å². The Kier molecular flexibility index (Phi) is 4.18. The van der Waals surface area contributed by atoms with Crippen LogP contribution >= 0.6 is 0 Å². The highest BCUT2D eigenvalue weighted by Gasteiger charge is 2.08. The van der Waals surface area contributed by atoms with Crippen molar-refractivity contribution < 1.29 is 19.1 Å². The molecule has 0 saturated heterocycles. The normalized spacial score (nSPS) is 10.0. The van der Waals surface area contributed by atoms with E-state index in [0.717, 1.165) is 0 Å². The molecular weight excluding hydrogens is 275 g/mol. The molecule has 5 nitrogen and oxygen atoms in total. The Bertz CT molecular complexity index is 684. The highest BCUT2D eigenvalue weighted by molar-refractivity contribution is 6.00. The van der Waals surface area contributed by atoms with Gasteiger partial charge >= 0.3 is 12.0 Å².